The smallest absolute Gasteiger partial charge is 0.235 e. The molecule has 0 atom stereocenters. The van der Waals surface area contributed by atoms with Crippen LogP contribution in [-0.4, -0.2) is 6.21 Å². The summed E-state index contributed by atoms with van der Waals surface area (Å²) in [6, 6.07) is 18.5. The largest absolute Gasteiger partial charge is 0.279 e. The summed E-state index contributed by atoms with van der Waals surface area (Å²) in [5.41, 5.74) is 5.36. The third-order valence-electron chi connectivity index (χ3n) is 3.33. The van der Waals surface area contributed by atoms with Crippen LogP contribution < -0.4 is 9.99 Å². The van der Waals surface area contributed by atoms with Crippen molar-refractivity contribution < 1.29 is 4.57 Å². The maximum absolute atomic E-state index is 4.27. The fourth-order valence-electron chi connectivity index (χ4n) is 2.31. The standard InChI is InChI=1S/C17H18N3S/c1-14-20(16-10-5-6-11-17(16)21-14)13-7-12-18-19-15-8-3-2-4-9-15/h2-6,8-12,19H,7,13H2,1H3/q+1. The van der Waals surface area contributed by atoms with Crippen LogP contribution in [-0.2, 0) is 6.54 Å². The second kappa shape index (κ2) is 6.50. The molecule has 0 bridgehead atoms. The molecule has 0 fully saturated rings. The van der Waals surface area contributed by atoms with E-state index in [1.165, 1.54) is 15.2 Å². The third-order valence-corrected chi connectivity index (χ3v) is 4.42. The molecule has 4 heteroatoms. The average molecular weight is 296 g/mol. The second-order valence-electron chi connectivity index (χ2n) is 4.82. The average Bonchev–Trinajstić information content (AvgIpc) is 2.84. The molecule has 106 valence electrons. The zero-order valence-electron chi connectivity index (χ0n) is 12.0. The van der Waals surface area contributed by atoms with E-state index >= 15 is 0 Å². The molecule has 0 saturated heterocycles. The monoisotopic (exact) mass is 296 g/mol. The number of nitrogens with zero attached hydrogens (tertiary/aromatic N) is 2. The van der Waals surface area contributed by atoms with Crippen molar-refractivity contribution in [1.82, 2.24) is 0 Å². The van der Waals surface area contributed by atoms with Gasteiger partial charge in [-0.25, -0.2) is 0 Å². The molecule has 3 nitrogen and oxygen atoms in total. The Morgan fingerprint density at radius 3 is 2.71 bits per heavy atom. The summed E-state index contributed by atoms with van der Waals surface area (Å²) in [5.74, 6) is 0. The van der Waals surface area contributed by atoms with Crippen molar-refractivity contribution in [2.24, 2.45) is 5.10 Å². The number of nitrogens with one attached hydrogen (secondary N) is 1. The molecule has 2 aromatic carbocycles. The lowest BCUT2D eigenvalue weighted by Gasteiger charge is -1.98. The first-order valence-electron chi connectivity index (χ1n) is 7.05. The molecule has 0 aliphatic carbocycles. The number of aryl methyl sites for hydroxylation is 2. The molecule has 3 rings (SSSR count). The molecule has 0 radical (unpaired) electrons. The van der Waals surface area contributed by atoms with Crippen LogP contribution in [0.5, 0.6) is 0 Å². The van der Waals surface area contributed by atoms with Gasteiger partial charge in [-0.05, 0) is 18.2 Å². The van der Waals surface area contributed by atoms with Gasteiger partial charge in [0.25, 0.3) is 0 Å². The van der Waals surface area contributed by atoms with E-state index in [0.29, 0.717) is 0 Å². The molecule has 0 amide bonds. The predicted octanol–water partition coefficient (Wildman–Crippen LogP) is 3.99. The third kappa shape index (κ3) is 3.28. The number of hydrogen-bond donors (Lipinski definition) is 1. The summed E-state index contributed by atoms with van der Waals surface area (Å²) in [7, 11) is 0. The lowest BCUT2D eigenvalue weighted by atomic mass is 10.3. The quantitative estimate of drug-likeness (QED) is 0.430. The van der Waals surface area contributed by atoms with Gasteiger partial charge in [-0.15, -0.1) is 0 Å². The summed E-state index contributed by atoms with van der Waals surface area (Å²) in [6.45, 7) is 3.12. The lowest BCUT2D eigenvalue weighted by Crippen LogP contribution is -2.35. The van der Waals surface area contributed by atoms with E-state index in [2.05, 4.69) is 46.3 Å². The Hall–Kier alpha value is -2.20. The molecule has 21 heavy (non-hydrogen) atoms. The van der Waals surface area contributed by atoms with Crippen molar-refractivity contribution >= 4 is 33.5 Å². The Labute approximate surface area is 128 Å². The van der Waals surface area contributed by atoms with Crippen molar-refractivity contribution in [3.05, 3.63) is 59.6 Å². The van der Waals surface area contributed by atoms with Crippen LogP contribution in [0.4, 0.5) is 5.69 Å². The summed E-state index contributed by atoms with van der Waals surface area (Å²) in [6.07, 6.45) is 2.85. The van der Waals surface area contributed by atoms with Crippen LogP contribution in [0.25, 0.3) is 10.2 Å². The first kappa shape index (κ1) is 13.8. The van der Waals surface area contributed by atoms with Gasteiger partial charge in [-0.2, -0.15) is 9.67 Å². The second-order valence-corrected chi connectivity index (χ2v) is 6.05. The highest BCUT2D eigenvalue weighted by Crippen LogP contribution is 2.19. The number of anilines is 1. The van der Waals surface area contributed by atoms with Crippen molar-refractivity contribution in [2.75, 3.05) is 5.43 Å². The van der Waals surface area contributed by atoms with Gasteiger partial charge in [-0.1, -0.05) is 41.7 Å². The van der Waals surface area contributed by atoms with E-state index in [4.69, 9.17) is 0 Å². The Balaban J connectivity index is 1.61. The Kier molecular flexibility index (Phi) is 4.26. The number of aromatic nitrogens is 1. The maximum atomic E-state index is 4.27. The van der Waals surface area contributed by atoms with Crippen molar-refractivity contribution in [3.8, 4) is 0 Å². The van der Waals surface area contributed by atoms with E-state index in [-0.39, 0.29) is 0 Å². The van der Waals surface area contributed by atoms with Gasteiger partial charge in [0.1, 0.15) is 4.70 Å². The molecule has 0 spiro atoms. The van der Waals surface area contributed by atoms with Gasteiger partial charge in [-0.3, -0.25) is 5.43 Å². The molecule has 3 aromatic rings. The molecule has 1 aromatic heterocycles. The van der Waals surface area contributed by atoms with Crippen LogP contribution in [0, 0.1) is 6.92 Å². The van der Waals surface area contributed by atoms with Gasteiger partial charge >= 0.3 is 0 Å². The molecule has 0 aliphatic rings. The molecule has 1 heterocycles. The van der Waals surface area contributed by atoms with Crippen LogP contribution in [0.1, 0.15) is 11.4 Å². The topological polar surface area (TPSA) is 28.3 Å². The Morgan fingerprint density at radius 1 is 1.10 bits per heavy atom. The molecule has 0 unspecified atom stereocenters. The van der Waals surface area contributed by atoms with E-state index in [0.717, 1.165) is 18.7 Å². The van der Waals surface area contributed by atoms with Crippen molar-refractivity contribution in [2.45, 2.75) is 19.9 Å². The van der Waals surface area contributed by atoms with Crippen molar-refractivity contribution in [1.29, 1.82) is 0 Å². The zero-order chi connectivity index (χ0) is 14.5. The SMILES string of the molecule is Cc1sc2ccccc2[n+]1CCC=NNc1ccccc1. The Bertz CT molecular complexity index is 747. The van der Waals surface area contributed by atoms with Gasteiger partial charge < -0.3 is 0 Å². The number of benzene rings is 2. The Morgan fingerprint density at radius 2 is 1.86 bits per heavy atom. The highest BCUT2D eigenvalue weighted by atomic mass is 32.1. The van der Waals surface area contributed by atoms with E-state index < -0.39 is 0 Å². The van der Waals surface area contributed by atoms with E-state index in [1.54, 1.807) is 0 Å². The molecule has 0 aliphatic heterocycles. The fraction of sp³-hybridized carbons (Fsp3) is 0.176. The molecular formula is C17H18N3S+. The van der Waals surface area contributed by atoms with Gasteiger partial charge in [0.2, 0.25) is 10.5 Å². The van der Waals surface area contributed by atoms with Crippen LogP contribution in [0.2, 0.25) is 0 Å². The summed E-state index contributed by atoms with van der Waals surface area (Å²) >= 11 is 1.84. The number of para-hydroxylation sites is 2. The minimum absolute atomic E-state index is 0.909. The van der Waals surface area contributed by atoms with Crippen LogP contribution >= 0.6 is 11.3 Å². The first-order chi connectivity index (χ1) is 10.3. The summed E-state index contributed by atoms with van der Waals surface area (Å²) in [5, 5.41) is 5.60. The highest BCUT2D eigenvalue weighted by Gasteiger charge is 2.15. The molecule has 0 saturated carbocycles. The van der Waals surface area contributed by atoms with Crippen LogP contribution in [0.15, 0.2) is 59.7 Å². The minimum atomic E-state index is 0.909. The summed E-state index contributed by atoms with van der Waals surface area (Å²) in [4.78, 5) is 0. The normalized spacial score (nSPS) is 11.3. The van der Waals surface area contributed by atoms with Crippen LogP contribution in [0.3, 0.4) is 0 Å². The number of hydrazone groups is 1. The van der Waals surface area contributed by atoms with Gasteiger partial charge in [0.05, 0.1) is 5.69 Å². The van der Waals surface area contributed by atoms with Gasteiger partial charge in [0, 0.05) is 25.6 Å². The first-order valence-corrected chi connectivity index (χ1v) is 7.87. The molecule has 1 N–H and O–H groups in total. The highest BCUT2D eigenvalue weighted by molar-refractivity contribution is 7.18. The minimum Gasteiger partial charge on any atom is -0.279 e. The number of thiazole rings is 1. The van der Waals surface area contributed by atoms with E-state index in [9.17, 15) is 0 Å². The number of rotatable bonds is 5. The summed E-state index contributed by atoms with van der Waals surface area (Å²) < 4.78 is 3.70. The van der Waals surface area contributed by atoms with E-state index in [1.807, 2.05) is 47.9 Å². The lowest BCUT2D eigenvalue weighted by molar-refractivity contribution is -0.671. The zero-order valence-corrected chi connectivity index (χ0v) is 12.8. The maximum Gasteiger partial charge on any atom is 0.235 e. The molecular weight excluding hydrogens is 278 g/mol. The predicted molar refractivity (Wildman–Crippen MR) is 89.9 cm³/mol. The fourth-order valence-corrected chi connectivity index (χ4v) is 3.36. The van der Waals surface area contributed by atoms with Gasteiger partial charge in [0.15, 0.2) is 6.54 Å². The number of hydrogen-bond acceptors (Lipinski definition) is 3. The number of fused-ring (bicyclic) bond motifs is 1. The van der Waals surface area contributed by atoms with Crippen molar-refractivity contribution in [3.63, 3.8) is 0 Å².